The molecule has 1 aliphatic rings. The van der Waals surface area contributed by atoms with Gasteiger partial charge < -0.3 is 24.9 Å². The molecule has 1 unspecified atom stereocenters. The Hall–Kier alpha value is -2.98. The summed E-state index contributed by atoms with van der Waals surface area (Å²) in [6.45, 7) is 0. The zero-order valence-corrected chi connectivity index (χ0v) is 14.4. The first kappa shape index (κ1) is 16.9. The number of nitrogens with two attached hydrogens (primary N) is 1. The summed E-state index contributed by atoms with van der Waals surface area (Å²) in [5.74, 6) is 1.56. The van der Waals surface area contributed by atoms with Crippen molar-refractivity contribution in [1.82, 2.24) is 9.97 Å². The van der Waals surface area contributed by atoms with E-state index in [0.717, 1.165) is 22.0 Å². The molecular formula is C18H20N4O3. The van der Waals surface area contributed by atoms with Gasteiger partial charge in [-0.05, 0) is 6.08 Å². The number of fused-ring (bicyclic) bond motifs is 1. The second-order valence-corrected chi connectivity index (χ2v) is 5.76. The average molecular weight is 340 g/mol. The lowest BCUT2D eigenvalue weighted by Crippen LogP contribution is -2.22. The van der Waals surface area contributed by atoms with Gasteiger partial charge in [-0.3, -0.25) is 0 Å². The summed E-state index contributed by atoms with van der Waals surface area (Å²) in [4.78, 5) is 7.47. The Bertz CT molecular complexity index is 905. The van der Waals surface area contributed by atoms with E-state index < -0.39 is 0 Å². The van der Waals surface area contributed by atoms with Gasteiger partial charge in [-0.25, -0.2) is 4.98 Å². The lowest BCUT2D eigenvalue weighted by Gasteiger charge is -2.25. The Labute approximate surface area is 145 Å². The van der Waals surface area contributed by atoms with Crippen LogP contribution < -0.4 is 5.73 Å². The molecule has 3 N–H and O–H groups in total. The second-order valence-electron chi connectivity index (χ2n) is 5.76. The molecule has 2 aromatic rings. The molecule has 7 nitrogen and oxygen atoms in total. The van der Waals surface area contributed by atoms with E-state index in [-0.39, 0.29) is 11.9 Å². The fraction of sp³-hybridized carbons (Fsp3) is 0.333. The van der Waals surface area contributed by atoms with Crippen LogP contribution in [0.1, 0.15) is 17.7 Å². The van der Waals surface area contributed by atoms with Crippen molar-refractivity contribution in [3.05, 3.63) is 46.8 Å². The maximum Gasteiger partial charge on any atom is 0.166 e. The van der Waals surface area contributed by atoms with E-state index >= 15 is 0 Å². The van der Waals surface area contributed by atoms with Crippen LogP contribution in [0.3, 0.4) is 0 Å². The summed E-state index contributed by atoms with van der Waals surface area (Å²) in [5, 5.41) is 11.0. The highest BCUT2D eigenvalue weighted by atomic mass is 16.5. The van der Waals surface area contributed by atoms with Crippen molar-refractivity contribution >= 4 is 16.6 Å². The molecule has 2 aromatic heterocycles. The Morgan fingerprint density at radius 3 is 2.68 bits per heavy atom. The van der Waals surface area contributed by atoms with Gasteiger partial charge in [0.2, 0.25) is 0 Å². The van der Waals surface area contributed by atoms with Gasteiger partial charge in [0.15, 0.2) is 11.5 Å². The first-order valence-electron chi connectivity index (χ1n) is 7.82. The molecule has 1 atom stereocenters. The smallest absolute Gasteiger partial charge is 0.166 e. The number of hydrogen-bond donors (Lipinski definition) is 2. The summed E-state index contributed by atoms with van der Waals surface area (Å²) in [6, 6.07) is 2.11. The Kier molecular flexibility index (Phi) is 4.63. The van der Waals surface area contributed by atoms with E-state index in [2.05, 4.69) is 16.0 Å². The number of hydrogen-bond acceptors (Lipinski definition) is 6. The van der Waals surface area contributed by atoms with Gasteiger partial charge in [0.1, 0.15) is 23.6 Å². The molecule has 0 amide bonds. The third-order valence-corrected chi connectivity index (χ3v) is 4.39. The molecule has 0 saturated heterocycles. The quantitative estimate of drug-likeness (QED) is 0.866. The fourth-order valence-electron chi connectivity index (χ4n) is 3.19. The van der Waals surface area contributed by atoms with E-state index in [9.17, 15) is 5.26 Å². The normalized spacial score (nSPS) is 17.4. The number of nitrogen functional groups attached to an aromatic ring is 1. The number of methoxy groups -OCH3 is 3. The highest BCUT2D eigenvalue weighted by Crippen LogP contribution is 2.32. The molecule has 1 aliphatic carbocycles. The minimum atomic E-state index is -0.211. The number of pyridine rings is 1. The topological polar surface area (TPSA) is 106 Å². The van der Waals surface area contributed by atoms with Gasteiger partial charge in [0.25, 0.3) is 0 Å². The molecule has 0 aliphatic heterocycles. The number of allylic oxidation sites excluding steroid dienone is 1. The monoisotopic (exact) mass is 340 g/mol. The molecule has 0 saturated carbocycles. The summed E-state index contributed by atoms with van der Waals surface area (Å²) in [7, 11) is 4.84. The lowest BCUT2D eigenvalue weighted by molar-refractivity contribution is 0.0648. The van der Waals surface area contributed by atoms with Crippen molar-refractivity contribution < 1.29 is 14.2 Å². The Morgan fingerprint density at radius 1 is 1.28 bits per heavy atom. The van der Waals surface area contributed by atoms with Gasteiger partial charge in [0.05, 0.1) is 19.9 Å². The molecular weight excluding hydrogens is 320 g/mol. The van der Waals surface area contributed by atoms with E-state index in [4.69, 9.17) is 19.9 Å². The molecule has 7 heteroatoms. The summed E-state index contributed by atoms with van der Waals surface area (Å²) < 4.78 is 16.4. The molecule has 25 heavy (non-hydrogen) atoms. The number of rotatable bonds is 5. The van der Waals surface area contributed by atoms with Gasteiger partial charge in [-0.15, -0.1) is 0 Å². The molecule has 0 spiro atoms. The van der Waals surface area contributed by atoms with E-state index in [0.29, 0.717) is 29.9 Å². The van der Waals surface area contributed by atoms with Crippen LogP contribution in [0, 0.1) is 11.3 Å². The molecule has 0 fully saturated rings. The van der Waals surface area contributed by atoms with Gasteiger partial charge in [-0.2, -0.15) is 5.26 Å². The number of nitrogens with one attached hydrogen (secondary N) is 1. The average Bonchev–Trinajstić information content (AvgIpc) is 3.10. The van der Waals surface area contributed by atoms with Crippen LogP contribution in [0.15, 0.2) is 35.6 Å². The van der Waals surface area contributed by atoms with Gasteiger partial charge in [0, 0.05) is 43.1 Å². The minimum absolute atomic E-state index is 0.211. The van der Waals surface area contributed by atoms with Gasteiger partial charge >= 0.3 is 0 Å². The SMILES string of the molecule is COC1=C(OC)C(OC)CC(Cc2nc(N)c(C#N)c3c[nH]cc23)=C1. The molecule has 130 valence electrons. The maximum atomic E-state index is 9.29. The van der Waals surface area contributed by atoms with Crippen LogP contribution in [0.4, 0.5) is 5.82 Å². The third-order valence-electron chi connectivity index (χ3n) is 4.39. The molecule has 0 bridgehead atoms. The van der Waals surface area contributed by atoms with Crippen molar-refractivity contribution in [1.29, 1.82) is 5.26 Å². The minimum Gasteiger partial charge on any atom is -0.494 e. The van der Waals surface area contributed by atoms with Crippen LogP contribution in [0.25, 0.3) is 10.8 Å². The maximum absolute atomic E-state index is 9.29. The number of ether oxygens (including phenoxy) is 3. The number of aromatic nitrogens is 2. The Balaban J connectivity index is 2.02. The van der Waals surface area contributed by atoms with Crippen LogP contribution in [0.2, 0.25) is 0 Å². The summed E-state index contributed by atoms with van der Waals surface area (Å²) in [5.41, 5.74) is 8.26. The van der Waals surface area contributed by atoms with Crippen molar-refractivity contribution in [2.75, 3.05) is 27.1 Å². The number of anilines is 1. The van der Waals surface area contributed by atoms with Crippen LogP contribution in [0.5, 0.6) is 0 Å². The van der Waals surface area contributed by atoms with E-state index in [1.807, 2.05) is 12.3 Å². The Morgan fingerprint density at radius 2 is 2.04 bits per heavy atom. The van der Waals surface area contributed by atoms with Crippen LogP contribution >= 0.6 is 0 Å². The summed E-state index contributed by atoms with van der Waals surface area (Å²) >= 11 is 0. The van der Waals surface area contributed by atoms with Crippen LogP contribution in [-0.4, -0.2) is 37.4 Å². The fourth-order valence-corrected chi connectivity index (χ4v) is 3.19. The predicted molar refractivity (Wildman–Crippen MR) is 93.5 cm³/mol. The number of nitriles is 1. The second kappa shape index (κ2) is 6.87. The lowest BCUT2D eigenvalue weighted by atomic mass is 9.94. The molecule has 0 radical (unpaired) electrons. The van der Waals surface area contributed by atoms with Crippen molar-refractivity contribution in [2.45, 2.75) is 18.9 Å². The molecule has 0 aromatic carbocycles. The van der Waals surface area contributed by atoms with Gasteiger partial charge in [-0.1, -0.05) is 5.57 Å². The standard InChI is InChI=1S/C18H20N4O3/c1-23-15-5-10(6-16(24-2)17(15)25-3)4-14-13-9-21-8-12(13)11(7-19)18(20)22-14/h5,8-9,16,21H,4,6,20H2,1-3H3. The number of aromatic amines is 1. The van der Waals surface area contributed by atoms with Crippen molar-refractivity contribution in [3.63, 3.8) is 0 Å². The highest BCUT2D eigenvalue weighted by molar-refractivity contribution is 5.92. The molecule has 3 rings (SSSR count). The van der Waals surface area contributed by atoms with Crippen molar-refractivity contribution in [2.24, 2.45) is 0 Å². The first-order valence-corrected chi connectivity index (χ1v) is 7.82. The summed E-state index contributed by atoms with van der Waals surface area (Å²) in [6.07, 6.45) is 6.59. The highest BCUT2D eigenvalue weighted by Gasteiger charge is 2.26. The number of H-pyrrole nitrogens is 1. The zero-order chi connectivity index (χ0) is 18.0. The number of nitrogens with zero attached hydrogens (tertiary/aromatic N) is 2. The largest absolute Gasteiger partial charge is 0.494 e. The predicted octanol–water partition coefficient (Wildman–Crippen LogP) is 2.41. The first-order chi connectivity index (χ1) is 12.1. The zero-order valence-electron chi connectivity index (χ0n) is 14.4. The van der Waals surface area contributed by atoms with E-state index in [1.165, 1.54) is 0 Å². The van der Waals surface area contributed by atoms with Crippen molar-refractivity contribution in [3.8, 4) is 6.07 Å². The van der Waals surface area contributed by atoms with Crippen LogP contribution in [-0.2, 0) is 20.6 Å². The van der Waals surface area contributed by atoms with E-state index in [1.54, 1.807) is 27.5 Å². The third kappa shape index (κ3) is 2.92. The molecule has 2 heterocycles.